The molecule has 1 saturated heterocycles. The Morgan fingerprint density at radius 1 is 1.32 bits per heavy atom. The molecular weight excluding hydrogens is 284 g/mol. The van der Waals surface area contributed by atoms with Crippen LogP contribution in [0.25, 0.3) is 0 Å². The smallest absolute Gasteiger partial charge is 0.410 e. The zero-order valence-corrected chi connectivity index (χ0v) is 12.6. The van der Waals surface area contributed by atoms with Gasteiger partial charge in [-0.25, -0.2) is 4.79 Å². The number of ether oxygens (including phenoxy) is 1. The molecular formula is C16H20N2O4. The van der Waals surface area contributed by atoms with E-state index in [0.717, 1.165) is 11.8 Å². The van der Waals surface area contributed by atoms with Crippen molar-refractivity contribution in [2.75, 3.05) is 19.6 Å². The fourth-order valence-electron chi connectivity index (χ4n) is 2.41. The molecule has 6 heteroatoms. The summed E-state index contributed by atoms with van der Waals surface area (Å²) < 4.78 is 5.26. The second kappa shape index (κ2) is 7.59. The molecule has 0 aromatic heterocycles. The second-order valence-corrected chi connectivity index (χ2v) is 5.19. The van der Waals surface area contributed by atoms with Gasteiger partial charge < -0.3 is 14.4 Å². The van der Waals surface area contributed by atoms with Crippen LogP contribution in [0, 0.1) is 0 Å². The highest BCUT2D eigenvalue weighted by molar-refractivity contribution is 5.86. The van der Waals surface area contributed by atoms with Crippen LogP contribution in [-0.4, -0.2) is 53.8 Å². The average molecular weight is 304 g/mol. The third kappa shape index (κ3) is 3.84. The lowest BCUT2D eigenvalue weighted by molar-refractivity contribution is -0.140. The molecule has 0 N–H and O–H groups in total. The molecule has 0 radical (unpaired) electrons. The van der Waals surface area contributed by atoms with Crippen LogP contribution in [-0.2, 0) is 20.9 Å². The lowest BCUT2D eigenvalue weighted by Gasteiger charge is -2.38. The van der Waals surface area contributed by atoms with Crippen molar-refractivity contribution in [3.63, 3.8) is 0 Å². The first kappa shape index (κ1) is 16.0. The molecule has 6 nitrogen and oxygen atoms in total. The summed E-state index contributed by atoms with van der Waals surface area (Å²) in [5.74, 6) is -0.148. The van der Waals surface area contributed by atoms with E-state index in [1.807, 2.05) is 30.3 Å². The van der Waals surface area contributed by atoms with Crippen LogP contribution >= 0.6 is 0 Å². The van der Waals surface area contributed by atoms with Crippen LogP contribution in [0.5, 0.6) is 0 Å². The van der Waals surface area contributed by atoms with Crippen LogP contribution in [0.2, 0.25) is 0 Å². The number of carbonyl (C=O) groups excluding carboxylic acids is 3. The first-order valence-electron chi connectivity index (χ1n) is 7.33. The number of aldehydes is 1. The van der Waals surface area contributed by atoms with Gasteiger partial charge in [-0.1, -0.05) is 30.3 Å². The Morgan fingerprint density at radius 2 is 2.05 bits per heavy atom. The third-order valence-corrected chi connectivity index (χ3v) is 3.70. The summed E-state index contributed by atoms with van der Waals surface area (Å²) in [7, 11) is 0. The first-order valence-corrected chi connectivity index (χ1v) is 7.33. The topological polar surface area (TPSA) is 66.9 Å². The minimum Gasteiger partial charge on any atom is -0.445 e. The third-order valence-electron chi connectivity index (χ3n) is 3.70. The highest BCUT2D eigenvalue weighted by atomic mass is 16.6. The molecule has 0 aliphatic carbocycles. The molecule has 1 aliphatic rings. The van der Waals surface area contributed by atoms with E-state index in [-0.39, 0.29) is 12.5 Å². The summed E-state index contributed by atoms with van der Waals surface area (Å²) >= 11 is 0. The van der Waals surface area contributed by atoms with Crippen LogP contribution in [0.3, 0.4) is 0 Å². The van der Waals surface area contributed by atoms with Crippen molar-refractivity contribution in [3.8, 4) is 0 Å². The van der Waals surface area contributed by atoms with Gasteiger partial charge in [-0.05, 0) is 12.5 Å². The largest absolute Gasteiger partial charge is 0.445 e. The predicted molar refractivity (Wildman–Crippen MR) is 80.1 cm³/mol. The monoisotopic (exact) mass is 304 g/mol. The number of piperazine rings is 1. The van der Waals surface area contributed by atoms with Crippen molar-refractivity contribution >= 4 is 18.3 Å². The zero-order valence-electron chi connectivity index (χ0n) is 12.6. The van der Waals surface area contributed by atoms with Gasteiger partial charge in [0.15, 0.2) is 0 Å². The normalized spacial score (nSPS) is 18.2. The summed E-state index contributed by atoms with van der Waals surface area (Å²) in [6.07, 6.45) is 0.620. The minimum atomic E-state index is -0.566. The van der Waals surface area contributed by atoms with Gasteiger partial charge in [-0.15, -0.1) is 0 Å². The number of carbonyl (C=O) groups is 3. The molecule has 0 bridgehead atoms. The molecule has 1 aliphatic heterocycles. The average Bonchev–Trinajstić information content (AvgIpc) is 2.55. The SMILES string of the molecule is C[C@H]1C(=O)N(CCC=O)CCN1C(=O)OCc1ccccc1. The Hall–Kier alpha value is -2.37. The lowest BCUT2D eigenvalue weighted by atomic mass is 10.2. The molecule has 1 atom stereocenters. The van der Waals surface area contributed by atoms with Crippen molar-refractivity contribution in [3.05, 3.63) is 35.9 Å². The van der Waals surface area contributed by atoms with E-state index in [1.54, 1.807) is 11.8 Å². The zero-order chi connectivity index (χ0) is 15.9. The van der Waals surface area contributed by atoms with Gasteiger partial charge in [0.05, 0.1) is 0 Å². The van der Waals surface area contributed by atoms with Gasteiger partial charge in [0.1, 0.15) is 18.9 Å². The molecule has 1 aromatic rings. The molecule has 1 fully saturated rings. The van der Waals surface area contributed by atoms with E-state index in [0.29, 0.717) is 26.1 Å². The number of benzene rings is 1. The van der Waals surface area contributed by atoms with Crippen LogP contribution < -0.4 is 0 Å². The molecule has 1 heterocycles. The van der Waals surface area contributed by atoms with Gasteiger partial charge in [-0.3, -0.25) is 9.69 Å². The highest BCUT2D eigenvalue weighted by Crippen LogP contribution is 2.14. The summed E-state index contributed by atoms with van der Waals surface area (Å²) in [4.78, 5) is 37.8. The highest BCUT2D eigenvalue weighted by Gasteiger charge is 2.34. The fraction of sp³-hybridized carbons (Fsp3) is 0.438. The quantitative estimate of drug-likeness (QED) is 0.772. The van der Waals surface area contributed by atoms with Crippen molar-refractivity contribution in [1.29, 1.82) is 0 Å². The minimum absolute atomic E-state index is 0.148. The summed E-state index contributed by atoms with van der Waals surface area (Å²) in [5.41, 5.74) is 0.902. The molecule has 0 spiro atoms. The molecule has 0 unspecified atom stereocenters. The Kier molecular flexibility index (Phi) is 5.52. The van der Waals surface area contributed by atoms with Crippen molar-refractivity contribution in [2.45, 2.75) is 26.0 Å². The lowest BCUT2D eigenvalue weighted by Crippen LogP contribution is -2.57. The van der Waals surface area contributed by atoms with Crippen LogP contribution in [0.1, 0.15) is 18.9 Å². The summed E-state index contributed by atoms with van der Waals surface area (Å²) in [5, 5.41) is 0. The van der Waals surface area contributed by atoms with E-state index in [2.05, 4.69) is 0 Å². The fourth-order valence-corrected chi connectivity index (χ4v) is 2.41. The standard InChI is InChI=1S/C16H20N2O4/c1-13-15(20)17(8-5-11-19)9-10-18(13)16(21)22-12-14-6-3-2-4-7-14/h2-4,6-7,11,13H,5,8-10,12H2,1H3/t13-/m0/s1. The number of amides is 2. The van der Waals surface area contributed by atoms with Crippen molar-refractivity contribution in [1.82, 2.24) is 9.80 Å². The molecule has 1 aromatic carbocycles. The Balaban J connectivity index is 1.88. The van der Waals surface area contributed by atoms with E-state index in [1.165, 1.54) is 4.90 Å². The van der Waals surface area contributed by atoms with Gasteiger partial charge >= 0.3 is 6.09 Å². The molecule has 118 valence electrons. The van der Waals surface area contributed by atoms with E-state index < -0.39 is 12.1 Å². The Labute approximate surface area is 129 Å². The maximum absolute atomic E-state index is 12.2. The molecule has 2 amide bonds. The number of nitrogens with zero attached hydrogens (tertiary/aromatic N) is 2. The number of rotatable bonds is 5. The molecule has 2 rings (SSSR count). The number of hydrogen-bond donors (Lipinski definition) is 0. The van der Waals surface area contributed by atoms with Gasteiger partial charge in [0.2, 0.25) is 5.91 Å². The number of hydrogen-bond acceptors (Lipinski definition) is 4. The van der Waals surface area contributed by atoms with E-state index >= 15 is 0 Å². The van der Waals surface area contributed by atoms with Crippen LogP contribution in [0.4, 0.5) is 4.79 Å². The van der Waals surface area contributed by atoms with Gasteiger partial charge in [0, 0.05) is 26.1 Å². The van der Waals surface area contributed by atoms with Crippen molar-refractivity contribution < 1.29 is 19.1 Å². The first-order chi connectivity index (χ1) is 10.6. The summed E-state index contributed by atoms with van der Waals surface area (Å²) in [6.45, 7) is 3.11. The maximum Gasteiger partial charge on any atom is 0.410 e. The molecule has 22 heavy (non-hydrogen) atoms. The van der Waals surface area contributed by atoms with Crippen LogP contribution in [0.15, 0.2) is 30.3 Å². The molecule has 0 saturated carbocycles. The van der Waals surface area contributed by atoms with E-state index in [9.17, 15) is 14.4 Å². The maximum atomic E-state index is 12.2. The van der Waals surface area contributed by atoms with Gasteiger partial charge in [-0.2, -0.15) is 0 Å². The van der Waals surface area contributed by atoms with Crippen molar-refractivity contribution in [2.24, 2.45) is 0 Å². The second-order valence-electron chi connectivity index (χ2n) is 5.19. The summed E-state index contributed by atoms with van der Waals surface area (Å²) in [6, 6.07) is 8.83. The Bertz CT molecular complexity index is 532. The predicted octanol–water partition coefficient (Wildman–Crippen LogP) is 1.44. The van der Waals surface area contributed by atoms with E-state index in [4.69, 9.17) is 4.74 Å². The van der Waals surface area contributed by atoms with Gasteiger partial charge in [0.25, 0.3) is 0 Å². The Morgan fingerprint density at radius 3 is 2.73 bits per heavy atom.